The van der Waals surface area contributed by atoms with Crippen LogP contribution in [0.15, 0.2) is 29.3 Å². The molecular formula is C11H10ClNO2S. The van der Waals surface area contributed by atoms with Gasteiger partial charge in [-0.05, 0) is 11.6 Å². The van der Waals surface area contributed by atoms with Gasteiger partial charge in [0.15, 0.2) is 6.04 Å². The lowest BCUT2D eigenvalue weighted by atomic mass is 10.2. The van der Waals surface area contributed by atoms with E-state index in [4.69, 9.17) is 16.7 Å². The van der Waals surface area contributed by atoms with Crippen LogP contribution in [0.4, 0.5) is 0 Å². The van der Waals surface area contributed by atoms with Crippen LogP contribution < -0.4 is 0 Å². The minimum Gasteiger partial charge on any atom is -0.480 e. The molecule has 0 saturated carbocycles. The zero-order valence-corrected chi connectivity index (χ0v) is 9.96. The molecule has 0 unspecified atom stereocenters. The largest absolute Gasteiger partial charge is 0.480 e. The predicted octanol–water partition coefficient (Wildman–Crippen LogP) is 2.48. The molecule has 0 aromatic heterocycles. The smallest absolute Gasteiger partial charge is 0.329 e. The van der Waals surface area contributed by atoms with Crippen molar-refractivity contribution in [3.05, 3.63) is 34.9 Å². The van der Waals surface area contributed by atoms with Crippen LogP contribution in [0.2, 0.25) is 5.02 Å². The quantitative estimate of drug-likeness (QED) is 0.903. The molecule has 0 spiro atoms. The van der Waals surface area contributed by atoms with E-state index in [1.54, 1.807) is 0 Å². The highest BCUT2D eigenvalue weighted by molar-refractivity contribution is 8.14. The molecule has 1 aromatic carbocycles. The van der Waals surface area contributed by atoms with Gasteiger partial charge >= 0.3 is 5.97 Å². The highest BCUT2D eigenvalue weighted by atomic mass is 35.5. The minimum absolute atomic E-state index is 0.523. The molecule has 0 aliphatic carbocycles. The minimum atomic E-state index is -0.860. The Morgan fingerprint density at radius 3 is 2.94 bits per heavy atom. The van der Waals surface area contributed by atoms with Gasteiger partial charge < -0.3 is 5.11 Å². The fourth-order valence-electron chi connectivity index (χ4n) is 1.45. The van der Waals surface area contributed by atoms with Crippen molar-refractivity contribution in [1.29, 1.82) is 0 Å². The molecular weight excluding hydrogens is 246 g/mol. The van der Waals surface area contributed by atoms with Gasteiger partial charge in [-0.25, -0.2) is 4.79 Å². The van der Waals surface area contributed by atoms with Crippen LogP contribution in [0, 0.1) is 0 Å². The van der Waals surface area contributed by atoms with Gasteiger partial charge in [-0.1, -0.05) is 29.8 Å². The molecule has 3 nitrogen and oxygen atoms in total. The maximum atomic E-state index is 10.7. The second-order valence-electron chi connectivity index (χ2n) is 3.46. The van der Waals surface area contributed by atoms with E-state index in [-0.39, 0.29) is 0 Å². The molecule has 16 heavy (non-hydrogen) atoms. The third-order valence-electron chi connectivity index (χ3n) is 2.29. The molecule has 1 aliphatic rings. The summed E-state index contributed by atoms with van der Waals surface area (Å²) < 4.78 is 0. The highest BCUT2D eigenvalue weighted by Gasteiger charge is 2.24. The van der Waals surface area contributed by atoms with Gasteiger partial charge in [-0.3, -0.25) is 4.99 Å². The first-order valence-electron chi connectivity index (χ1n) is 4.82. The van der Waals surface area contributed by atoms with Crippen molar-refractivity contribution in [1.82, 2.24) is 0 Å². The highest BCUT2D eigenvalue weighted by Crippen LogP contribution is 2.24. The molecule has 2 rings (SSSR count). The summed E-state index contributed by atoms with van der Waals surface area (Å²) in [5.41, 5.74) is 0.987. The van der Waals surface area contributed by atoms with Crippen molar-refractivity contribution < 1.29 is 9.90 Å². The van der Waals surface area contributed by atoms with Crippen LogP contribution >= 0.6 is 23.4 Å². The van der Waals surface area contributed by atoms with E-state index < -0.39 is 12.0 Å². The zero-order valence-electron chi connectivity index (χ0n) is 8.39. The van der Waals surface area contributed by atoms with Gasteiger partial charge in [0.25, 0.3) is 0 Å². The fourth-order valence-corrected chi connectivity index (χ4v) is 2.68. The van der Waals surface area contributed by atoms with E-state index in [0.29, 0.717) is 17.2 Å². The lowest BCUT2D eigenvalue weighted by Crippen LogP contribution is -2.17. The number of carboxylic acid groups (broad SMARTS) is 1. The average molecular weight is 256 g/mol. The summed E-state index contributed by atoms with van der Waals surface area (Å²) in [5, 5.41) is 10.4. The second-order valence-corrected chi connectivity index (χ2v) is 4.96. The lowest BCUT2D eigenvalue weighted by molar-refractivity contribution is -0.137. The molecule has 1 heterocycles. The number of thioether (sulfide) groups is 1. The topological polar surface area (TPSA) is 49.7 Å². The first-order valence-corrected chi connectivity index (χ1v) is 6.19. The molecule has 1 N–H and O–H groups in total. The Balaban J connectivity index is 2.09. The maximum Gasteiger partial charge on any atom is 0.329 e. The third kappa shape index (κ3) is 2.57. The summed E-state index contributed by atoms with van der Waals surface area (Å²) in [6, 6.07) is 6.94. The van der Waals surface area contributed by atoms with E-state index in [0.717, 1.165) is 10.6 Å². The van der Waals surface area contributed by atoms with Gasteiger partial charge in [0, 0.05) is 17.2 Å². The maximum absolute atomic E-state index is 10.7. The van der Waals surface area contributed by atoms with Gasteiger partial charge in [0.2, 0.25) is 0 Å². The van der Waals surface area contributed by atoms with E-state index in [1.165, 1.54) is 11.8 Å². The number of carboxylic acids is 1. The van der Waals surface area contributed by atoms with Gasteiger partial charge in [-0.15, -0.1) is 11.8 Å². The van der Waals surface area contributed by atoms with Gasteiger partial charge in [0.05, 0.1) is 5.04 Å². The van der Waals surface area contributed by atoms with Crippen molar-refractivity contribution in [2.45, 2.75) is 12.5 Å². The molecule has 0 radical (unpaired) electrons. The monoisotopic (exact) mass is 255 g/mol. The van der Waals surface area contributed by atoms with Crippen LogP contribution in [0.1, 0.15) is 5.56 Å². The van der Waals surface area contributed by atoms with E-state index >= 15 is 0 Å². The van der Waals surface area contributed by atoms with Crippen molar-refractivity contribution >= 4 is 34.4 Å². The van der Waals surface area contributed by atoms with Crippen molar-refractivity contribution in [3.63, 3.8) is 0 Å². The Kier molecular flexibility index (Phi) is 3.51. The standard InChI is InChI=1S/C11H10ClNO2S/c12-8-4-2-1-3-7(8)5-10-13-9(6-16-10)11(14)15/h1-4,9H,5-6H2,(H,14,15)/t9-/m0/s1. The molecule has 0 fully saturated rings. The van der Waals surface area contributed by atoms with Crippen LogP contribution in [0.3, 0.4) is 0 Å². The molecule has 0 saturated heterocycles. The zero-order chi connectivity index (χ0) is 11.5. The van der Waals surface area contributed by atoms with E-state index in [9.17, 15) is 4.79 Å². The van der Waals surface area contributed by atoms with E-state index in [2.05, 4.69) is 4.99 Å². The summed E-state index contributed by atoms with van der Waals surface area (Å²) >= 11 is 7.51. The van der Waals surface area contributed by atoms with Crippen LogP contribution in [-0.2, 0) is 11.2 Å². The Hall–Kier alpha value is -1.00. The summed E-state index contributed by atoms with van der Waals surface area (Å²) in [6.07, 6.45) is 0.619. The Labute approximate surface area is 103 Å². The van der Waals surface area contributed by atoms with E-state index in [1.807, 2.05) is 24.3 Å². The predicted molar refractivity (Wildman–Crippen MR) is 66.5 cm³/mol. The number of aliphatic imine (C=N–C) groups is 1. The number of hydrogen-bond donors (Lipinski definition) is 1. The molecule has 0 amide bonds. The summed E-state index contributed by atoms with van der Waals surface area (Å²) in [7, 11) is 0. The number of benzene rings is 1. The van der Waals surface area contributed by atoms with Crippen LogP contribution in [0.5, 0.6) is 0 Å². The number of rotatable bonds is 3. The number of aliphatic carboxylic acids is 1. The number of nitrogens with zero attached hydrogens (tertiary/aromatic N) is 1. The summed E-state index contributed by atoms with van der Waals surface area (Å²) in [4.78, 5) is 14.9. The molecule has 1 aliphatic heterocycles. The lowest BCUT2D eigenvalue weighted by Gasteiger charge is -2.02. The second kappa shape index (κ2) is 4.89. The van der Waals surface area contributed by atoms with Crippen molar-refractivity contribution in [2.75, 3.05) is 5.75 Å². The molecule has 1 atom stereocenters. The average Bonchev–Trinajstić information content (AvgIpc) is 2.70. The van der Waals surface area contributed by atoms with Gasteiger partial charge in [0.1, 0.15) is 0 Å². The summed E-state index contributed by atoms with van der Waals surface area (Å²) in [5.74, 6) is -0.337. The van der Waals surface area contributed by atoms with Crippen molar-refractivity contribution in [3.8, 4) is 0 Å². The number of halogens is 1. The van der Waals surface area contributed by atoms with Crippen LogP contribution in [-0.4, -0.2) is 27.9 Å². The van der Waals surface area contributed by atoms with Crippen LogP contribution in [0.25, 0.3) is 0 Å². The molecule has 1 aromatic rings. The molecule has 84 valence electrons. The molecule has 5 heteroatoms. The Morgan fingerprint density at radius 1 is 1.56 bits per heavy atom. The SMILES string of the molecule is O=C(O)[C@@H]1CSC(Cc2ccccc2Cl)=N1. The third-order valence-corrected chi connectivity index (χ3v) is 3.73. The van der Waals surface area contributed by atoms with Gasteiger partial charge in [-0.2, -0.15) is 0 Å². The van der Waals surface area contributed by atoms with Crippen molar-refractivity contribution in [2.24, 2.45) is 4.99 Å². The Bertz CT molecular complexity index is 447. The number of carbonyl (C=O) groups is 1. The summed E-state index contributed by atoms with van der Waals surface area (Å²) in [6.45, 7) is 0. The number of hydrogen-bond acceptors (Lipinski definition) is 3. The fraction of sp³-hybridized carbons (Fsp3) is 0.273. The first kappa shape index (κ1) is 11.5. The first-order chi connectivity index (χ1) is 7.66. The normalized spacial score (nSPS) is 19.6. The Morgan fingerprint density at radius 2 is 2.31 bits per heavy atom. The molecule has 0 bridgehead atoms.